The fourth-order valence-corrected chi connectivity index (χ4v) is 5.01. The lowest BCUT2D eigenvalue weighted by Crippen LogP contribution is -2.09. The number of hydrogen-bond acceptors (Lipinski definition) is 3. The van der Waals surface area contributed by atoms with E-state index in [0.717, 1.165) is 28.2 Å². The van der Waals surface area contributed by atoms with E-state index in [9.17, 15) is 5.26 Å². The van der Waals surface area contributed by atoms with Crippen LogP contribution >= 0.6 is 0 Å². The molecule has 4 heteroatoms. The Hall–Kier alpha value is -5.58. The van der Waals surface area contributed by atoms with Gasteiger partial charge in [0.2, 0.25) is 0 Å². The lowest BCUT2D eigenvalue weighted by molar-refractivity contribution is 0.219. The minimum absolute atomic E-state index is 0.126. The monoisotopic (exact) mass is 515 g/mol. The van der Waals surface area contributed by atoms with Crippen molar-refractivity contribution in [3.63, 3.8) is 0 Å². The molecule has 4 nitrogen and oxygen atoms in total. The quantitative estimate of drug-likeness (QED) is 0.173. The predicted molar refractivity (Wildman–Crippen MR) is 163 cm³/mol. The van der Waals surface area contributed by atoms with Crippen LogP contribution in [0.1, 0.15) is 12.0 Å². The van der Waals surface area contributed by atoms with Crippen molar-refractivity contribution in [3.05, 3.63) is 155 Å². The summed E-state index contributed by atoms with van der Waals surface area (Å²) in [5.74, 6) is 0.649. The number of anilines is 3. The maximum atomic E-state index is 9.20. The molecule has 0 amide bonds. The van der Waals surface area contributed by atoms with Gasteiger partial charge in [0.05, 0.1) is 19.2 Å². The molecule has 1 heterocycles. The van der Waals surface area contributed by atoms with Crippen molar-refractivity contribution in [1.29, 1.82) is 5.26 Å². The van der Waals surface area contributed by atoms with Crippen LogP contribution in [0.3, 0.4) is 0 Å². The number of rotatable bonds is 5. The molecule has 0 atom stereocenters. The molecule has 1 aliphatic rings. The van der Waals surface area contributed by atoms with Crippen LogP contribution in [0.15, 0.2) is 138 Å². The summed E-state index contributed by atoms with van der Waals surface area (Å²) in [5, 5.41) is 14.0. The second-order valence-electron chi connectivity index (χ2n) is 9.57. The SMILES string of the molecule is [C-]#[N+]C(C#N)=C1C=C(C=Cc2ccc(N(c3ccc4ccccc4c3)c3ccc4ccccc4c3)cc2)OCC1. The van der Waals surface area contributed by atoms with Crippen LogP contribution in [0.5, 0.6) is 0 Å². The average Bonchev–Trinajstić information content (AvgIpc) is 3.01. The van der Waals surface area contributed by atoms with Crippen molar-refractivity contribution >= 4 is 44.7 Å². The van der Waals surface area contributed by atoms with E-state index in [1.165, 1.54) is 21.5 Å². The molecule has 40 heavy (non-hydrogen) atoms. The molecular formula is C36H25N3O. The van der Waals surface area contributed by atoms with Gasteiger partial charge in [-0.1, -0.05) is 78.9 Å². The van der Waals surface area contributed by atoms with Gasteiger partial charge in [-0.05, 0) is 87.7 Å². The van der Waals surface area contributed by atoms with E-state index in [-0.39, 0.29) is 5.70 Å². The molecule has 5 aromatic rings. The van der Waals surface area contributed by atoms with Gasteiger partial charge in [0.15, 0.2) is 0 Å². The Labute approximate surface area is 233 Å². The van der Waals surface area contributed by atoms with Gasteiger partial charge in [0.1, 0.15) is 5.76 Å². The molecule has 0 N–H and O–H groups in total. The predicted octanol–water partition coefficient (Wildman–Crippen LogP) is 9.48. The molecule has 0 aliphatic carbocycles. The molecule has 0 saturated carbocycles. The molecule has 0 saturated heterocycles. The summed E-state index contributed by atoms with van der Waals surface area (Å²) in [5.41, 5.74) is 5.10. The molecule has 190 valence electrons. The van der Waals surface area contributed by atoms with Crippen molar-refractivity contribution in [2.24, 2.45) is 0 Å². The molecule has 5 aromatic carbocycles. The first kappa shape index (κ1) is 24.7. The Bertz CT molecular complexity index is 1800. The maximum absolute atomic E-state index is 9.20. The molecule has 6 rings (SSSR count). The first-order chi connectivity index (χ1) is 19.7. The van der Waals surface area contributed by atoms with Gasteiger partial charge in [-0.15, -0.1) is 0 Å². The summed E-state index contributed by atoms with van der Waals surface area (Å²) in [6, 6.07) is 40.3. The van der Waals surface area contributed by atoms with E-state index in [2.05, 4.69) is 119 Å². The Morgan fingerprint density at radius 3 is 1.90 bits per heavy atom. The minimum Gasteiger partial charge on any atom is -0.493 e. The second kappa shape index (κ2) is 11.0. The van der Waals surface area contributed by atoms with Crippen LogP contribution in [0.25, 0.3) is 32.5 Å². The van der Waals surface area contributed by atoms with Crippen molar-refractivity contribution in [1.82, 2.24) is 0 Å². The summed E-state index contributed by atoms with van der Waals surface area (Å²) in [4.78, 5) is 5.61. The third-order valence-electron chi connectivity index (χ3n) is 7.05. The Morgan fingerprint density at radius 1 is 0.750 bits per heavy atom. The number of ether oxygens (including phenoxy) is 1. The molecule has 1 aliphatic heterocycles. The van der Waals surface area contributed by atoms with Gasteiger partial charge < -0.3 is 9.64 Å². The third kappa shape index (κ3) is 5.07. The minimum atomic E-state index is 0.126. The van der Waals surface area contributed by atoms with Crippen LogP contribution in [-0.2, 0) is 4.74 Å². The number of allylic oxidation sites excluding steroid dienone is 3. The van der Waals surface area contributed by atoms with Gasteiger partial charge in [-0.3, -0.25) is 0 Å². The average molecular weight is 516 g/mol. The van der Waals surface area contributed by atoms with E-state index in [0.29, 0.717) is 18.8 Å². The van der Waals surface area contributed by atoms with Gasteiger partial charge in [-0.25, -0.2) is 10.1 Å². The molecule has 0 bridgehead atoms. The first-order valence-electron chi connectivity index (χ1n) is 13.1. The number of nitrogens with zero attached hydrogens (tertiary/aromatic N) is 3. The highest BCUT2D eigenvalue weighted by molar-refractivity contribution is 5.92. The zero-order valence-electron chi connectivity index (χ0n) is 21.8. The van der Waals surface area contributed by atoms with Gasteiger partial charge in [0, 0.05) is 17.1 Å². The summed E-state index contributed by atoms with van der Waals surface area (Å²) in [6.45, 7) is 7.67. The van der Waals surface area contributed by atoms with E-state index in [1.54, 1.807) is 6.08 Å². The van der Waals surface area contributed by atoms with Crippen LogP contribution < -0.4 is 4.90 Å². The topological polar surface area (TPSA) is 40.6 Å². The van der Waals surface area contributed by atoms with Crippen LogP contribution in [0.4, 0.5) is 17.1 Å². The Balaban J connectivity index is 1.36. The standard InChI is InChI=1S/C36H25N3O/c1-38-36(25-37)31-20-21-40-35(24-31)19-12-26-10-15-32(16-11-26)39(33-17-13-27-6-2-4-8-29(27)22-33)34-18-14-28-7-3-5-9-30(28)23-34/h2-19,22-24H,20-21H2. The number of nitriles is 1. The zero-order chi connectivity index (χ0) is 27.3. The van der Waals surface area contributed by atoms with E-state index in [1.807, 2.05) is 18.2 Å². The number of benzene rings is 5. The van der Waals surface area contributed by atoms with Crippen LogP contribution in [-0.4, -0.2) is 6.61 Å². The van der Waals surface area contributed by atoms with Crippen molar-refractivity contribution in [2.75, 3.05) is 11.5 Å². The van der Waals surface area contributed by atoms with Crippen molar-refractivity contribution in [3.8, 4) is 6.07 Å². The highest BCUT2D eigenvalue weighted by atomic mass is 16.5. The molecule has 0 radical (unpaired) electrons. The smallest absolute Gasteiger partial charge is 0.265 e. The van der Waals surface area contributed by atoms with Crippen molar-refractivity contribution in [2.45, 2.75) is 6.42 Å². The summed E-state index contributed by atoms with van der Waals surface area (Å²) in [6.07, 6.45) is 6.22. The summed E-state index contributed by atoms with van der Waals surface area (Å²) < 4.78 is 5.74. The Morgan fingerprint density at radius 2 is 1.32 bits per heavy atom. The molecule has 0 fully saturated rings. The maximum Gasteiger partial charge on any atom is 0.265 e. The molecule has 0 unspecified atom stereocenters. The first-order valence-corrected chi connectivity index (χ1v) is 13.1. The zero-order valence-corrected chi connectivity index (χ0v) is 21.8. The van der Waals surface area contributed by atoms with Crippen LogP contribution in [0.2, 0.25) is 0 Å². The molecule has 0 spiro atoms. The second-order valence-corrected chi connectivity index (χ2v) is 9.57. The molecular weight excluding hydrogens is 490 g/mol. The summed E-state index contributed by atoms with van der Waals surface area (Å²) >= 11 is 0. The fraction of sp³-hybridized carbons (Fsp3) is 0.0556. The van der Waals surface area contributed by atoms with Crippen molar-refractivity contribution < 1.29 is 4.74 Å². The number of fused-ring (bicyclic) bond motifs is 2. The lowest BCUT2D eigenvalue weighted by atomic mass is 10.1. The highest BCUT2D eigenvalue weighted by Crippen LogP contribution is 2.37. The van der Waals surface area contributed by atoms with Gasteiger partial charge in [0.25, 0.3) is 5.70 Å². The fourth-order valence-electron chi connectivity index (χ4n) is 5.01. The molecule has 0 aromatic heterocycles. The number of hydrogen-bond donors (Lipinski definition) is 0. The summed E-state index contributed by atoms with van der Waals surface area (Å²) in [7, 11) is 0. The van der Waals surface area contributed by atoms with Crippen LogP contribution in [0, 0.1) is 17.9 Å². The Kier molecular flexibility index (Phi) is 6.82. The lowest BCUT2D eigenvalue weighted by Gasteiger charge is -2.26. The van der Waals surface area contributed by atoms with E-state index >= 15 is 0 Å². The highest BCUT2D eigenvalue weighted by Gasteiger charge is 2.14. The van der Waals surface area contributed by atoms with Gasteiger partial charge >= 0.3 is 0 Å². The third-order valence-corrected chi connectivity index (χ3v) is 7.05. The van der Waals surface area contributed by atoms with Gasteiger partial charge in [-0.2, -0.15) is 0 Å². The largest absolute Gasteiger partial charge is 0.493 e. The normalized spacial score (nSPS) is 14.3. The van der Waals surface area contributed by atoms with E-state index < -0.39 is 0 Å². The van der Waals surface area contributed by atoms with E-state index in [4.69, 9.17) is 11.3 Å².